The maximum absolute atomic E-state index is 12.9. The van der Waals surface area contributed by atoms with Gasteiger partial charge in [0.2, 0.25) is 0 Å². The van der Waals surface area contributed by atoms with Gasteiger partial charge in [0.15, 0.2) is 6.10 Å². The van der Waals surface area contributed by atoms with Gasteiger partial charge in [0.1, 0.15) is 19.8 Å². The van der Waals surface area contributed by atoms with Gasteiger partial charge in [-0.15, -0.1) is 0 Å². The van der Waals surface area contributed by atoms with Crippen LogP contribution in [0.15, 0.2) is 231 Å². The summed E-state index contributed by atoms with van der Waals surface area (Å²) in [6.07, 6.45) is 116. The van der Waals surface area contributed by atoms with Crippen molar-refractivity contribution in [2.45, 2.75) is 238 Å². The van der Waals surface area contributed by atoms with Crippen molar-refractivity contribution in [2.75, 3.05) is 47.5 Å². The normalized spacial score (nSPS) is 14.5. The molecule has 0 saturated heterocycles. The maximum Gasteiger partial charge on any atom is 0.306 e. The van der Waals surface area contributed by atoms with E-state index in [9.17, 15) is 19.0 Å². The van der Waals surface area contributed by atoms with Crippen LogP contribution in [-0.4, -0.2) is 70.0 Å². The number of esters is 2. The Kier molecular flexibility index (Phi) is 66.9. The van der Waals surface area contributed by atoms with Crippen LogP contribution in [0.1, 0.15) is 232 Å². The largest absolute Gasteiger partial charge is 0.756 e. The lowest BCUT2D eigenvalue weighted by molar-refractivity contribution is -0.870. The SMILES string of the molecule is CC/C=C\C/C=C\C/C=C\C/C=C\C/C=C\C/C=C\C/C=C\C/C=C\C/C=C\C/C=C\CCCCCCCCCCC(=O)OC(COC(=O)CCCCC/C=C\C/C=C\C/C=C\C/C=C\C/C=C\C/C=C\C/C=C\C/C=C\C/C=C\CC)COP(=O)([O-])OCC[N+](C)(C)C. The van der Waals surface area contributed by atoms with Crippen molar-refractivity contribution < 1.29 is 42.1 Å². The highest BCUT2D eigenvalue weighted by Crippen LogP contribution is 2.38. The zero-order valence-corrected chi connectivity index (χ0v) is 60.4. The fourth-order valence-corrected chi connectivity index (χ4v) is 9.46. The molecule has 10 heteroatoms. The van der Waals surface area contributed by atoms with E-state index in [1.54, 1.807) is 0 Å². The van der Waals surface area contributed by atoms with Gasteiger partial charge in [0.25, 0.3) is 7.82 Å². The third kappa shape index (κ3) is 75.1. The summed E-state index contributed by atoms with van der Waals surface area (Å²) in [5.74, 6) is -0.901. The molecule has 0 spiro atoms. The molecule has 524 valence electrons. The van der Waals surface area contributed by atoms with Gasteiger partial charge in [-0.1, -0.05) is 290 Å². The van der Waals surface area contributed by atoms with Crippen molar-refractivity contribution in [2.24, 2.45) is 0 Å². The van der Waals surface area contributed by atoms with Crippen LogP contribution in [0.5, 0.6) is 0 Å². The Labute approximate surface area is 575 Å². The smallest absolute Gasteiger partial charge is 0.306 e. The number of carbonyl (C=O) groups excluding carboxylic acids is 2. The van der Waals surface area contributed by atoms with E-state index in [0.717, 1.165) is 167 Å². The Balaban J connectivity index is 4.23. The summed E-state index contributed by atoms with van der Waals surface area (Å²) in [6.45, 7) is 3.93. The average molecular weight is 1310 g/mol. The molecule has 0 saturated carbocycles. The first-order valence-corrected chi connectivity index (χ1v) is 37.6. The van der Waals surface area contributed by atoms with Gasteiger partial charge >= 0.3 is 11.9 Å². The molecule has 0 aromatic heterocycles. The van der Waals surface area contributed by atoms with E-state index >= 15 is 0 Å². The Morgan fingerprint density at radius 1 is 0.330 bits per heavy atom. The minimum absolute atomic E-state index is 0.0518. The molecule has 0 rings (SSSR count). The van der Waals surface area contributed by atoms with Gasteiger partial charge in [-0.2, -0.15) is 0 Å². The van der Waals surface area contributed by atoms with Crippen molar-refractivity contribution >= 4 is 19.8 Å². The number of nitrogens with zero attached hydrogens (tertiary/aromatic N) is 1. The summed E-state index contributed by atoms with van der Waals surface area (Å²) in [5.41, 5.74) is 0. The molecule has 0 aliphatic rings. The summed E-state index contributed by atoms with van der Waals surface area (Å²) < 4.78 is 34.3. The van der Waals surface area contributed by atoms with Crippen molar-refractivity contribution in [1.29, 1.82) is 0 Å². The van der Waals surface area contributed by atoms with Crippen molar-refractivity contribution in [3.05, 3.63) is 231 Å². The van der Waals surface area contributed by atoms with Crippen LogP contribution in [0.25, 0.3) is 0 Å². The molecule has 2 atom stereocenters. The van der Waals surface area contributed by atoms with Crippen LogP contribution < -0.4 is 4.89 Å². The van der Waals surface area contributed by atoms with Gasteiger partial charge in [-0.25, -0.2) is 0 Å². The molecule has 0 amide bonds. The number of phosphoric acid groups is 1. The monoisotopic (exact) mass is 1310 g/mol. The second-order valence-corrected chi connectivity index (χ2v) is 25.5. The van der Waals surface area contributed by atoms with Gasteiger partial charge in [-0.05, 0) is 161 Å². The molecule has 2 unspecified atom stereocenters. The number of hydrogen-bond donors (Lipinski definition) is 0. The molecule has 0 fully saturated rings. The number of hydrogen-bond acceptors (Lipinski definition) is 8. The molecular formula is C84H130NO8P. The average Bonchev–Trinajstić information content (AvgIpc) is 1.56. The highest BCUT2D eigenvalue weighted by molar-refractivity contribution is 7.45. The number of phosphoric ester groups is 1. The summed E-state index contributed by atoms with van der Waals surface area (Å²) in [6, 6.07) is 0. The number of allylic oxidation sites excluding steroid dienone is 38. The second-order valence-electron chi connectivity index (χ2n) is 24.1. The number of unbranched alkanes of at least 4 members (excludes halogenated alkanes) is 11. The molecule has 0 N–H and O–H groups in total. The maximum atomic E-state index is 12.9. The number of likely N-dealkylation sites (N-methyl/N-ethyl adjacent to an activating group) is 1. The third-order valence-corrected chi connectivity index (χ3v) is 15.1. The molecule has 0 aliphatic heterocycles. The zero-order valence-electron chi connectivity index (χ0n) is 59.5. The first-order valence-electron chi connectivity index (χ1n) is 36.1. The first-order chi connectivity index (χ1) is 46.0. The molecule has 0 radical (unpaired) electrons. The van der Waals surface area contributed by atoms with Gasteiger partial charge in [0.05, 0.1) is 27.7 Å². The quantitative estimate of drug-likeness (QED) is 0.0195. The molecule has 0 aliphatic carbocycles. The Bertz CT molecular complexity index is 2440. The van der Waals surface area contributed by atoms with Crippen molar-refractivity contribution in [3.8, 4) is 0 Å². The second kappa shape index (κ2) is 71.4. The highest BCUT2D eigenvalue weighted by atomic mass is 31.2. The summed E-state index contributed by atoms with van der Waals surface area (Å²) in [4.78, 5) is 38.1. The van der Waals surface area contributed by atoms with Crippen LogP contribution in [0.2, 0.25) is 0 Å². The van der Waals surface area contributed by atoms with Crippen LogP contribution in [-0.2, 0) is 32.7 Å². The molecule has 94 heavy (non-hydrogen) atoms. The fourth-order valence-electron chi connectivity index (χ4n) is 8.73. The van der Waals surface area contributed by atoms with Crippen LogP contribution in [0.4, 0.5) is 0 Å². The number of ether oxygens (including phenoxy) is 2. The zero-order chi connectivity index (χ0) is 68.3. The molecule has 0 aromatic rings. The number of quaternary nitrogens is 1. The Morgan fingerprint density at radius 3 is 0.862 bits per heavy atom. The lowest BCUT2D eigenvalue weighted by atomic mass is 10.1. The topological polar surface area (TPSA) is 111 Å². The van der Waals surface area contributed by atoms with E-state index < -0.39 is 32.5 Å². The minimum Gasteiger partial charge on any atom is -0.756 e. The van der Waals surface area contributed by atoms with E-state index in [4.69, 9.17) is 18.5 Å². The van der Waals surface area contributed by atoms with Gasteiger partial charge in [-0.3, -0.25) is 14.2 Å². The van der Waals surface area contributed by atoms with E-state index in [1.165, 1.54) is 25.7 Å². The summed E-state index contributed by atoms with van der Waals surface area (Å²) in [7, 11) is 1.11. The predicted octanol–water partition coefficient (Wildman–Crippen LogP) is 23.5. The lowest BCUT2D eigenvalue weighted by Gasteiger charge is -2.28. The molecule has 0 bridgehead atoms. The van der Waals surface area contributed by atoms with Crippen LogP contribution >= 0.6 is 7.82 Å². The van der Waals surface area contributed by atoms with Gasteiger partial charge in [0, 0.05) is 12.8 Å². The summed E-state index contributed by atoms with van der Waals surface area (Å²) in [5, 5.41) is 0. The standard InChI is InChI=1S/C84H130NO8P/c1-6-8-10-12-14-16-18-20-22-24-26-28-30-32-34-36-38-39-40-41-42-43-44-45-47-49-51-53-55-57-59-61-63-65-67-69-71-73-75-77-84(87)93-82(81-92-94(88,89)91-79-78-85(3,4)5)80-90-83(86)76-74-72-70-68-66-64-62-60-58-56-54-52-50-48-46-37-35-33-31-29-27-25-23-21-19-17-15-13-11-9-7-2/h8-11,14-17,20-23,26-29,32-35,38-39,41-42,44-46,48-49,51-52,54-55,57-58,60,64,66,82H,6-7,12-13,18-19,24-25,30-31,36-37,40,43,47,50,53,56,59,61-63,65,67-81H2,1-5H3/b10-8-,11-9-,16-14-,17-15-,22-20-,23-21-,28-26-,29-27-,34-32-,35-33-,39-38-,42-41-,45-44-,48-46-,51-49-,54-52-,57-55-,60-58-,66-64-. The minimum atomic E-state index is -4.67. The Hall–Kier alpha value is -5.93. The molecule has 9 nitrogen and oxygen atoms in total. The van der Waals surface area contributed by atoms with E-state index in [2.05, 4.69) is 245 Å². The lowest BCUT2D eigenvalue weighted by Crippen LogP contribution is -2.37. The van der Waals surface area contributed by atoms with E-state index in [-0.39, 0.29) is 26.1 Å². The van der Waals surface area contributed by atoms with E-state index in [1.807, 2.05) is 21.1 Å². The summed E-state index contributed by atoms with van der Waals surface area (Å²) >= 11 is 0. The Morgan fingerprint density at radius 2 is 0.574 bits per heavy atom. The highest BCUT2D eigenvalue weighted by Gasteiger charge is 2.22. The predicted molar refractivity (Wildman–Crippen MR) is 405 cm³/mol. The third-order valence-electron chi connectivity index (χ3n) is 14.2. The van der Waals surface area contributed by atoms with Crippen molar-refractivity contribution in [1.82, 2.24) is 0 Å². The molecule has 0 heterocycles. The molecular weight excluding hydrogens is 1180 g/mol. The van der Waals surface area contributed by atoms with Crippen molar-refractivity contribution in [3.63, 3.8) is 0 Å². The van der Waals surface area contributed by atoms with E-state index in [0.29, 0.717) is 23.9 Å². The number of carbonyl (C=O) groups is 2. The fraction of sp³-hybridized carbons (Fsp3) is 0.524. The van der Waals surface area contributed by atoms with Crippen LogP contribution in [0, 0.1) is 0 Å². The van der Waals surface area contributed by atoms with Crippen LogP contribution in [0.3, 0.4) is 0 Å². The van der Waals surface area contributed by atoms with Gasteiger partial charge < -0.3 is 27.9 Å². The number of rotatable bonds is 63. The molecule has 0 aromatic carbocycles. The first kappa shape index (κ1) is 88.1.